The van der Waals surface area contributed by atoms with Crippen molar-refractivity contribution in [1.82, 2.24) is 5.32 Å². The lowest BCUT2D eigenvalue weighted by atomic mass is 9.99. The zero-order valence-electron chi connectivity index (χ0n) is 9.69. The number of piperidine rings is 1. The minimum Gasteiger partial charge on any atom is -0.492 e. The molecule has 0 atom stereocenters. The van der Waals surface area contributed by atoms with E-state index >= 15 is 0 Å². The summed E-state index contributed by atoms with van der Waals surface area (Å²) in [4.78, 5) is 0. The molecule has 1 saturated heterocycles. The van der Waals surface area contributed by atoms with Crippen LogP contribution in [0.1, 0.15) is 18.4 Å². The van der Waals surface area contributed by atoms with Gasteiger partial charge in [0.1, 0.15) is 11.8 Å². The molecular formula is C13H17ClN2O. The number of hydrogen-bond acceptors (Lipinski definition) is 3. The predicted molar refractivity (Wildman–Crippen MR) is 69.5 cm³/mol. The van der Waals surface area contributed by atoms with Crippen LogP contribution in [0, 0.1) is 17.2 Å². The van der Waals surface area contributed by atoms with Crippen molar-refractivity contribution in [2.75, 3.05) is 19.7 Å². The second-order valence-corrected chi connectivity index (χ2v) is 4.11. The van der Waals surface area contributed by atoms with Gasteiger partial charge in [0, 0.05) is 0 Å². The second-order valence-electron chi connectivity index (χ2n) is 4.11. The molecule has 0 saturated carbocycles. The van der Waals surface area contributed by atoms with Crippen molar-refractivity contribution in [3.63, 3.8) is 0 Å². The van der Waals surface area contributed by atoms with Crippen molar-refractivity contribution in [1.29, 1.82) is 5.26 Å². The molecule has 1 aromatic carbocycles. The average molecular weight is 253 g/mol. The van der Waals surface area contributed by atoms with Crippen molar-refractivity contribution in [2.45, 2.75) is 12.8 Å². The van der Waals surface area contributed by atoms with E-state index in [1.807, 2.05) is 18.2 Å². The van der Waals surface area contributed by atoms with Crippen LogP contribution in [0.2, 0.25) is 0 Å². The Bertz CT molecular complexity index is 383. The van der Waals surface area contributed by atoms with Crippen molar-refractivity contribution in [2.24, 2.45) is 5.92 Å². The van der Waals surface area contributed by atoms with Gasteiger partial charge in [-0.3, -0.25) is 0 Å². The van der Waals surface area contributed by atoms with Crippen molar-refractivity contribution < 1.29 is 4.74 Å². The summed E-state index contributed by atoms with van der Waals surface area (Å²) in [6.45, 7) is 2.88. The van der Waals surface area contributed by atoms with Gasteiger partial charge in [0.25, 0.3) is 0 Å². The highest BCUT2D eigenvalue weighted by Crippen LogP contribution is 2.19. The highest BCUT2D eigenvalue weighted by molar-refractivity contribution is 5.85. The van der Waals surface area contributed by atoms with Crippen LogP contribution in [0.15, 0.2) is 24.3 Å². The highest BCUT2D eigenvalue weighted by atomic mass is 35.5. The summed E-state index contributed by atoms with van der Waals surface area (Å²) in [6, 6.07) is 9.55. The first kappa shape index (κ1) is 13.8. The molecule has 0 aromatic heterocycles. The fraction of sp³-hybridized carbons (Fsp3) is 0.462. The number of nitrogens with zero attached hydrogens (tertiary/aromatic N) is 1. The van der Waals surface area contributed by atoms with Gasteiger partial charge in [-0.1, -0.05) is 12.1 Å². The van der Waals surface area contributed by atoms with Crippen LogP contribution in [0.4, 0.5) is 0 Å². The van der Waals surface area contributed by atoms with Crippen molar-refractivity contribution in [3.8, 4) is 11.8 Å². The molecule has 0 radical (unpaired) electrons. The molecule has 1 aliphatic rings. The minimum atomic E-state index is 0. The van der Waals surface area contributed by atoms with E-state index in [1.165, 1.54) is 0 Å². The van der Waals surface area contributed by atoms with Crippen LogP contribution in [-0.2, 0) is 0 Å². The molecule has 0 bridgehead atoms. The fourth-order valence-electron chi connectivity index (χ4n) is 1.94. The normalized spacial score (nSPS) is 15.7. The molecule has 4 heteroatoms. The summed E-state index contributed by atoms with van der Waals surface area (Å²) in [5.41, 5.74) is 0.622. The summed E-state index contributed by atoms with van der Waals surface area (Å²) in [5, 5.41) is 12.2. The summed E-state index contributed by atoms with van der Waals surface area (Å²) < 4.78 is 5.72. The van der Waals surface area contributed by atoms with Crippen LogP contribution in [-0.4, -0.2) is 19.7 Å². The molecule has 1 heterocycles. The monoisotopic (exact) mass is 252 g/mol. The number of rotatable bonds is 3. The van der Waals surface area contributed by atoms with Crippen LogP contribution in [0.5, 0.6) is 5.75 Å². The molecule has 0 aliphatic carbocycles. The number of nitrogens with one attached hydrogen (secondary N) is 1. The van der Waals surface area contributed by atoms with Gasteiger partial charge < -0.3 is 10.1 Å². The Hall–Kier alpha value is -1.24. The van der Waals surface area contributed by atoms with E-state index in [-0.39, 0.29) is 12.4 Å². The third kappa shape index (κ3) is 3.92. The quantitative estimate of drug-likeness (QED) is 0.898. The molecule has 1 N–H and O–H groups in total. The molecule has 92 valence electrons. The van der Waals surface area contributed by atoms with Gasteiger partial charge in [0.05, 0.1) is 12.2 Å². The Morgan fingerprint density at radius 1 is 1.29 bits per heavy atom. The number of hydrogen-bond donors (Lipinski definition) is 1. The number of benzene rings is 1. The number of nitriles is 1. The first-order valence-corrected chi connectivity index (χ1v) is 5.73. The lowest BCUT2D eigenvalue weighted by Crippen LogP contribution is -2.30. The Morgan fingerprint density at radius 3 is 2.71 bits per heavy atom. The summed E-state index contributed by atoms with van der Waals surface area (Å²) >= 11 is 0. The molecule has 3 nitrogen and oxygen atoms in total. The van der Waals surface area contributed by atoms with Gasteiger partial charge in [0.2, 0.25) is 0 Å². The van der Waals surface area contributed by atoms with E-state index in [2.05, 4.69) is 11.4 Å². The van der Waals surface area contributed by atoms with Gasteiger partial charge in [-0.05, 0) is 44.0 Å². The summed E-state index contributed by atoms with van der Waals surface area (Å²) in [5.74, 6) is 1.33. The molecule has 0 spiro atoms. The zero-order chi connectivity index (χ0) is 11.2. The maximum absolute atomic E-state index is 8.92. The molecule has 1 aliphatic heterocycles. The molecule has 1 aromatic rings. The largest absolute Gasteiger partial charge is 0.492 e. The number of halogens is 1. The molecule has 1 fully saturated rings. The lowest BCUT2D eigenvalue weighted by molar-refractivity contribution is 0.215. The fourth-order valence-corrected chi connectivity index (χ4v) is 1.94. The van der Waals surface area contributed by atoms with E-state index in [9.17, 15) is 0 Å². The smallest absolute Gasteiger partial charge is 0.137 e. The Morgan fingerprint density at radius 2 is 2.00 bits per heavy atom. The molecule has 0 amide bonds. The highest BCUT2D eigenvalue weighted by Gasteiger charge is 2.14. The third-order valence-corrected chi connectivity index (χ3v) is 2.94. The van der Waals surface area contributed by atoms with E-state index in [4.69, 9.17) is 10.00 Å². The Kier molecular flexibility index (Phi) is 5.82. The van der Waals surface area contributed by atoms with E-state index in [0.29, 0.717) is 17.2 Å². The SMILES string of the molecule is Cl.N#Cc1ccccc1OCC1CCNCC1. The van der Waals surface area contributed by atoms with E-state index in [1.54, 1.807) is 6.07 Å². The topological polar surface area (TPSA) is 45.0 Å². The maximum Gasteiger partial charge on any atom is 0.137 e. The number of para-hydroxylation sites is 1. The predicted octanol–water partition coefficient (Wildman–Crippen LogP) is 2.36. The van der Waals surface area contributed by atoms with Gasteiger partial charge in [-0.15, -0.1) is 12.4 Å². The van der Waals surface area contributed by atoms with Crippen LogP contribution in [0.25, 0.3) is 0 Å². The first-order valence-electron chi connectivity index (χ1n) is 5.73. The van der Waals surface area contributed by atoms with Crippen molar-refractivity contribution in [3.05, 3.63) is 29.8 Å². The Balaban J connectivity index is 0.00000144. The van der Waals surface area contributed by atoms with Gasteiger partial charge in [-0.25, -0.2) is 0 Å². The maximum atomic E-state index is 8.92. The van der Waals surface area contributed by atoms with Gasteiger partial charge in [-0.2, -0.15) is 5.26 Å². The van der Waals surface area contributed by atoms with Gasteiger partial charge >= 0.3 is 0 Å². The number of ether oxygens (including phenoxy) is 1. The lowest BCUT2D eigenvalue weighted by Gasteiger charge is -2.22. The minimum absolute atomic E-state index is 0. The molecule has 17 heavy (non-hydrogen) atoms. The molecule has 0 unspecified atom stereocenters. The molecular weight excluding hydrogens is 236 g/mol. The van der Waals surface area contributed by atoms with E-state index in [0.717, 1.165) is 32.5 Å². The first-order chi connectivity index (χ1) is 7.90. The van der Waals surface area contributed by atoms with Crippen LogP contribution >= 0.6 is 12.4 Å². The average Bonchev–Trinajstić information content (AvgIpc) is 2.38. The summed E-state index contributed by atoms with van der Waals surface area (Å²) in [7, 11) is 0. The third-order valence-electron chi connectivity index (χ3n) is 2.94. The van der Waals surface area contributed by atoms with E-state index < -0.39 is 0 Å². The Labute approximate surface area is 108 Å². The van der Waals surface area contributed by atoms with Gasteiger partial charge in [0.15, 0.2) is 0 Å². The van der Waals surface area contributed by atoms with Crippen LogP contribution < -0.4 is 10.1 Å². The standard InChI is InChI=1S/C13H16N2O.ClH/c14-9-12-3-1-2-4-13(12)16-10-11-5-7-15-8-6-11;/h1-4,11,15H,5-8,10H2;1H. The van der Waals surface area contributed by atoms with Crippen molar-refractivity contribution >= 4 is 12.4 Å². The van der Waals surface area contributed by atoms with Crippen LogP contribution in [0.3, 0.4) is 0 Å². The summed E-state index contributed by atoms with van der Waals surface area (Å²) in [6.07, 6.45) is 2.32. The second kappa shape index (κ2) is 7.16. The zero-order valence-corrected chi connectivity index (χ0v) is 10.5. The molecule has 2 rings (SSSR count).